The molecule has 4 atom stereocenters. The number of hydrogen-bond acceptors (Lipinski definition) is 2. The molecule has 4 unspecified atom stereocenters. The van der Waals surface area contributed by atoms with Crippen molar-refractivity contribution < 1.29 is 9.90 Å². The van der Waals surface area contributed by atoms with Gasteiger partial charge in [-0.1, -0.05) is 26.2 Å². The lowest BCUT2D eigenvalue weighted by Crippen LogP contribution is -2.24. The standard InChI is InChI=1S/C13H22O2S/c1-9-4-2-5-10(8-9)16-12-7-3-6-11(12)13(14)15/h9-12H,2-8H2,1H3,(H,14,15). The minimum absolute atomic E-state index is 0.0674. The SMILES string of the molecule is CC1CCCC(SC2CCCC2C(=O)O)C1. The minimum atomic E-state index is -0.571. The van der Waals surface area contributed by atoms with E-state index in [1.807, 2.05) is 11.8 Å². The van der Waals surface area contributed by atoms with Gasteiger partial charge in [0.2, 0.25) is 0 Å². The molecule has 0 radical (unpaired) electrons. The highest BCUT2D eigenvalue weighted by Gasteiger charge is 2.35. The lowest BCUT2D eigenvalue weighted by Gasteiger charge is -2.29. The third kappa shape index (κ3) is 2.93. The lowest BCUT2D eigenvalue weighted by atomic mass is 9.90. The second kappa shape index (κ2) is 5.44. The van der Waals surface area contributed by atoms with Crippen LogP contribution in [0.5, 0.6) is 0 Å². The Bertz CT molecular complexity index is 254. The highest BCUT2D eigenvalue weighted by Crippen LogP contribution is 2.42. The van der Waals surface area contributed by atoms with Crippen LogP contribution in [-0.2, 0) is 4.79 Å². The van der Waals surface area contributed by atoms with Gasteiger partial charge in [-0.25, -0.2) is 0 Å². The van der Waals surface area contributed by atoms with Crippen molar-refractivity contribution in [1.82, 2.24) is 0 Å². The van der Waals surface area contributed by atoms with Gasteiger partial charge in [0.15, 0.2) is 0 Å². The number of rotatable bonds is 3. The van der Waals surface area contributed by atoms with Gasteiger partial charge in [0.25, 0.3) is 0 Å². The summed E-state index contributed by atoms with van der Waals surface area (Å²) in [5.41, 5.74) is 0. The zero-order valence-electron chi connectivity index (χ0n) is 10.0. The molecule has 3 heteroatoms. The molecule has 2 saturated carbocycles. The van der Waals surface area contributed by atoms with E-state index in [2.05, 4.69) is 6.92 Å². The molecular formula is C13H22O2S. The van der Waals surface area contributed by atoms with Crippen molar-refractivity contribution in [1.29, 1.82) is 0 Å². The van der Waals surface area contributed by atoms with Crippen molar-refractivity contribution in [2.45, 2.75) is 62.4 Å². The predicted octanol–water partition coefficient (Wildman–Crippen LogP) is 3.55. The van der Waals surface area contributed by atoms with Gasteiger partial charge in [0.1, 0.15) is 0 Å². The van der Waals surface area contributed by atoms with Gasteiger partial charge in [0.05, 0.1) is 5.92 Å². The average molecular weight is 242 g/mol. The zero-order chi connectivity index (χ0) is 11.5. The molecule has 2 aliphatic rings. The van der Waals surface area contributed by atoms with Crippen LogP contribution in [0.15, 0.2) is 0 Å². The smallest absolute Gasteiger partial charge is 0.307 e. The Morgan fingerprint density at radius 2 is 1.94 bits per heavy atom. The average Bonchev–Trinajstić information content (AvgIpc) is 2.66. The number of carbonyl (C=O) groups is 1. The molecule has 1 N–H and O–H groups in total. The molecule has 16 heavy (non-hydrogen) atoms. The molecule has 0 aromatic heterocycles. The molecule has 2 fully saturated rings. The Kier molecular flexibility index (Phi) is 4.17. The monoisotopic (exact) mass is 242 g/mol. The van der Waals surface area contributed by atoms with E-state index < -0.39 is 5.97 Å². The summed E-state index contributed by atoms with van der Waals surface area (Å²) in [6, 6.07) is 0. The summed E-state index contributed by atoms with van der Waals surface area (Å²) in [5.74, 6) is 0.206. The van der Waals surface area contributed by atoms with E-state index in [4.69, 9.17) is 5.11 Å². The van der Waals surface area contributed by atoms with Crippen LogP contribution in [0.25, 0.3) is 0 Å². The van der Waals surface area contributed by atoms with E-state index in [1.165, 1.54) is 25.7 Å². The molecule has 0 aliphatic heterocycles. The third-order valence-electron chi connectivity index (χ3n) is 4.03. The Morgan fingerprint density at radius 3 is 2.62 bits per heavy atom. The summed E-state index contributed by atoms with van der Waals surface area (Å²) in [6.45, 7) is 2.33. The first kappa shape index (κ1) is 12.3. The van der Waals surface area contributed by atoms with E-state index in [0.29, 0.717) is 5.25 Å². The van der Waals surface area contributed by atoms with E-state index >= 15 is 0 Å². The van der Waals surface area contributed by atoms with Gasteiger partial charge in [-0.2, -0.15) is 11.8 Å². The van der Waals surface area contributed by atoms with Crippen molar-refractivity contribution in [2.24, 2.45) is 11.8 Å². The van der Waals surface area contributed by atoms with Crippen LogP contribution in [0.3, 0.4) is 0 Å². The minimum Gasteiger partial charge on any atom is -0.481 e. The van der Waals surface area contributed by atoms with Crippen LogP contribution in [0.2, 0.25) is 0 Å². The largest absolute Gasteiger partial charge is 0.481 e. The molecule has 0 spiro atoms. The summed E-state index contributed by atoms with van der Waals surface area (Å²) in [7, 11) is 0. The molecule has 2 aliphatic carbocycles. The quantitative estimate of drug-likeness (QED) is 0.822. The number of carboxylic acid groups (broad SMARTS) is 1. The third-order valence-corrected chi connectivity index (χ3v) is 5.75. The van der Waals surface area contributed by atoms with Crippen LogP contribution in [0.1, 0.15) is 51.9 Å². The molecule has 0 amide bonds. The van der Waals surface area contributed by atoms with Crippen molar-refractivity contribution >= 4 is 17.7 Å². The summed E-state index contributed by atoms with van der Waals surface area (Å²) in [6.07, 6.45) is 8.43. The van der Waals surface area contributed by atoms with E-state index in [1.54, 1.807) is 0 Å². The summed E-state index contributed by atoms with van der Waals surface area (Å²) < 4.78 is 0. The van der Waals surface area contributed by atoms with E-state index in [-0.39, 0.29) is 5.92 Å². The fraction of sp³-hybridized carbons (Fsp3) is 0.923. The van der Waals surface area contributed by atoms with Crippen LogP contribution in [-0.4, -0.2) is 21.6 Å². The molecule has 0 heterocycles. The first-order valence-electron chi connectivity index (χ1n) is 6.55. The second-order valence-corrected chi connectivity index (χ2v) is 6.99. The maximum absolute atomic E-state index is 11.1. The predicted molar refractivity (Wildman–Crippen MR) is 67.8 cm³/mol. The van der Waals surface area contributed by atoms with Crippen molar-refractivity contribution in [3.05, 3.63) is 0 Å². The highest BCUT2D eigenvalue weighted by atomic mass is 32.2. The van der Waals surface area contributed by atoms with Crippen molar-refractivity contribution in [2.75, 3.05) is 0 Å². The van der Waals surface area contributed by atoms with Crippen LogP contribution >= 0.6 is 11.8 Å². The van der Waals surface area contributed by atoms with Gasteiger partial charge in [-0.3, -0.25) is 4.79 Å². The Balaban J connectivity index is 1.86. The van der Waals surface area contributed by atoms with Crippen LogP contribution < -0.4 is 0 Å². The Hall–Kier alpha value is -0.180. The van der Waals surface area contributed by atoms with E-state index in [0.717, 1.165) is 30.4 Å². The Labute approximate surface area is 102 Å². The molecule has 2 rings (SSSR count). The number of hydrogen-bond donors (Lipinski definition) is 1. The number of carboxylic acids is 1. The normalized spacial score (nSPS) is 39.8. The molecule has 92 valence electrons. The van der Waals surface area contributed by atoms with Gasteiger partial charge in [0, 0.05) is 10.5 Å². The van der Waals surface area contributed by atoms with Gasteiger partial charge >= 0.3 is 5.97 Å². The van der Waals surface area contributed by atoms with Gasteiger partial charge < -0.3 is 5.11 Å². The zero-order valence-corrected chi connectivity index (χ0v) is 10.8. The summed E-state index contributed by atoms with van der Waals surface area (Å²) in [5, 5.41) is 10.3. The highest BCUT2D eigenvalue weighted by molar-refractivity contribution is 8.00. The Morgan fingerprint density at radius 1 is 1.19 bits per heavy atom. The van der Waals surface area contributed by atoms with Crippen molar-refractivity contribution in [3.63, 3.8) is 0 Å². The van der Waals surface area contributed by atoms with Gasteiger partial charge in [-0.05, 0) is 31.6 Å². The lowest BCUT2D eigenvalue weighted by molar-refractivity contribution is -0.141. The second-order valence-electron chi connectivity index (χ2n) is 5.44. The fourth-order valence-electron chi connectivity index (χ4n) is 3.12. The topological polar surface area (TPSA) is 37.3 Å². The number of thioether (sulfide) groups is 1. The first-order chi connectivity index (χ1) is 7.66. The molecule has 2 nitrogen and oxygen atoms in total. The van der Waals surface area contributed by atoms with E-state index in [9.17, 15) is 4.79 Å². The molecule has 0 bridgehead atoms. The molecule has 0 saturated heterocycles. The van der Waals surface area contributed by atoms with Crippen LogP contribution in [0, 0.1) is 11.8 Å². The number of aliphatic carboxylic acids is 1. The summed E-state index contributed by atoms with van der Waals surface area (Å²) >= 11 is 1.99. The summed E-state index contributed by atoms with van der Waals surface area (Å²) in [4.78, 5) is 11.1. The maximum atomic E-state index is 11.1. The maximum Gasteiger partial charge on any atom is 0.307 e. The van der Waals surface area contributed by atoms with Crippen molar-refractivity contribution in [3.8, 4) is 0 Å². The van der Waals surface area contributed by atoms with Crippen LogP contribution in [0.4, 0.5) is 0 Å². The fourth-order valence-corrected chi connectivity index (χ4v) is 5.10. The first-order valence-corrected chi connectivity index (χ1v) is 7.49. The molecule has 0 aromatic carbocycles. The molecular weight excluding hydrogens is 220 g/mol. The molecule has 0 aromatic rings. The van der Waals surface area contributed by atoms with Gasteiger partial charge in [-0.15, -0.1) is 0 Å².